The second-order valence-corrected chi connectivity index (χ2v) is 0. The molecule has 0 amide bonds. The van der Waals surface area contributed by atoms with Gasteiger partial charge in [-0.05, 0) is 0 Å². The van der Waals surface area contributed by atoms with Gasteiger partial charge in [0.2, 0.25) is 0 Å². The van der Waals surface area contributed by atoms with Crippen molar-refractivity contribution in [2.45, 2.75) is 0 Å². The summed E-state index contributed by atoms with van der Waals surface area (Å²) in [4.78, 5) is 0. The average Bonchev–Trinajstić information content (AvgIpc) is 0. The average molecular weight is 670 g/mol. The van der Waals surface area contributed by atoms with Crippen LogP contribution in [0.25, 0.3) is 0 Å². The van der Waals surface area contributed by atoms with E-state index in [1.165, 1.54) is 0 Å². The van der Waals surface area contributed by atoms with Gasteiger partial charge in [0.15, 0.2) is 0 Å². The standard InChI is InChI=1S/3O.3Pb/q3*-2;3*+2. The van der Waals surface area contributed by atoms with Crippen molar-refractivity contribution in [3.8, 4) is 0 Å². The van der Waals surface area contributed by atoms with Crippen LogP contribution < -0.4 is 0 Å². The zero-order valence-electron chi connectivity index (χ0n) is 2.72. The van der Waals surface area contributed by atoms with E-state index in [0.717, 1.165) is 0 Å². The first kappa shape index (κ1) is 72.2. The van der Waals surface area contributed by atoms with Crippen LogP contribution in [0.5, 0.6) is 0 Å². The van der Waals surface area contributed by atoms with Gasteiger partial charge in [-0.3, -0.25) is 0 Å². The van der Waals surface area contributed by atoms with E-state index in [9.17, 15) is 0 Å². The molecule has 0 rings (SSSR count). The summed E-state index contributed by atoms with van der Waals surface area (Å²) in [5, 5.41) is 0. The predicted octanol–water partition coefficient (Wildman–Crippen LogP) is -1.50. The molecule has 0 unspecified atom stereocenters. The molecule has 6 radical (unpaired) electrons. The van der Waals surface area contributed by atoms with Gasteiger partial charge in [-0.1, -0.05) is 0 Å². The monoisotopic (exact) mass is 672 g/mol. The Kier molecular flexibility index (Phi) is 580. The van der Waals surface area contributed by atoms with Gasteiger partial charge in [-0.15, -0.1) is 0 Å². The van der Waals surface area contributed by atoms with Gasteiger partial charge in [0.1, 0.15) is 0 Å². The van der Waals surface area contributed by atoms with Crippen molar-refractivity contribution in [2.24, 2.45) is 0 Å². The maximum absolute atomic E-state index is 0. The van der Waals surface area contributed by atoms with Crippen molar-refractivity contribution in [1.82, 2.24) is 0 Å². The molecule has 3 nitrogen and oxygen atoms in total. The largest absolute Gasteiger partial charge is 2.00 e. The van der Waals surface area contributed by atoms with Crippen molar-refractivity contribution < 1.29 is 16.4 Å². The Labute approximate surface area is 96.7 Å². The molecule has 30 valence electrons. The fourth-order valence-corrected chi connectivity index (χ4v) is 0. The topological polar surface area (TPSA) is 85.5 Å². The van der Waals surface area contributed by atoms with E-state index in [2.05, 4.69) is 0 Å². The summed E-state index contributed by atoms with van der Waals surface area (Å²) in [6.45, 7) is 0. The van der Waals surface area contributed by atoms with Gasteiger partial charge in [-0.2, -0.15) is 0 Å². The van der Waals surface area contributed by atoms with Gasteiger partial charge >= 0.3 is 81.9 Å². The molecule has 6 heavy (non-hydrogen) atoms. The van der Waals surface area contributed by atoms with Gasteiger partial charge in [0, 0.05) is 0 Å². The van der Waals surface area contributed by atoms with Crippen LogP contribution in [0.2, 0.25) is 0 Å². The van der Waals surface area contributed by atoms with Gasteiger partial charge in [0.05, 0.1) is 0 Å². The third-order valence-electron chi connectivity index (χ3n) is 0. The Morgan fingerprint density at radius 3 is 0.333 bits per heavy atom. The van der Waals surface area contributed by atoms with Gasteiger partial charge < -0.3 is 16.4 Å². The first-order valence-corrected chi connectivity index (χ1v) is 0. The van der Waals surface area contributed by atoms with Crippen LogP contribution in [0.15, 0.2) is 0 Å². The third-order valence-corrected chi connectivity index (χ3v) is 0. The minimum absolute atomic E-state index is 0. The molecule has 0 N–H and O–H groups in total. The maximum atomic E-state index is 0. The number of hydrogen-bond donors (Lipinski definition) is 0. The molecule has 0 bridgehead atoms. The van der Waals surface area contributed by atoms with E-state index in [1.54, 1.807) is 0 Å². The molecule has 0 saturated heterocycles. The Hall–Kier alpha value is 2.65. The summed E-state index contributed by atoms with van der Waals surface area (Å²) >= 11 is 0. The fraction of sp³-hybridized carbons (Fsp3) is 0. The third kappa shape index (κ3) is 30.3. The quantitative estimate of drug-likeness (QED) is 0.282. The minimum Gasteiger partial charge on any atom is -2.00 e. The maximum Gasteiger partial charge on any atom is 2.00 e. The molecule has 0 atom stereocenters. The molecule has 0 saturated carbocycles. The molecular weight excluding hydrogens is 670 g/mol. The van der Waals surface area contributed by atoms with Crippen LogP contribution in [0.1, 0.15) is 0 Å². The molecular formula is O3Pb3. The van der Waals surface area contributed by atoms with Crippen molar-refractivity contribution in [1.29, 1.82) is 0 Å². The summed E-state index contributed by atoms with van der Waals surface area (Å²) in [6, 6.07) is 0. The van der Waals surface area contributed by atoms with Crippen LogP contribution in [-0.4, -0.2) is 81.9 Å². The zero-order valence-corrected chi connectivity index (χ0v) is 14.4. The van der Waals surface area contributed by atoms with Gasteiger partial charge in [-0.25, -0.2) is 0 Å². The first-order chi connectivity index (χ1) is 0. The SMILES string of the molecule is [O-2].[O-2].[O-2].[Pb+2].[Pb+2].[Pb+2]. The zero-order chi connectivity index (χ0) is 0. The molecule has 0 aliphatic rings. The van der Waals surface area contributed by atoms with Crippen molar-refractivity contribution in [2.75, 3.05) is 0 Å². The van der Waals surface area contributed by atoms with Crippen molar-refractivity contribution in [3.05, 3.63) is 0 Å². The second-order valence-electron chi connectivity index (χ2n) is 0. The second kappa shape index (κ2) is 48.2. The molecule has 6 heteroatoms. The van der Waals surface area contributed by atoms with E-state index < -0.39 is 0 Å². The first-order valence-electron chi connectivity index (χ1n) is 0. The molecule has 0 aromatic carbocycles. The number of rotatable bonds is 0. The van der Waals surface area contributed by atoms with Crippen molar-refractivity contribution in [3.63, 3.8) is 0 Å². The normalized spacial score (nSPS) is 0. The summed E-state index contributed by atoms with van der Waals surface area (Å²) in [6.07, 6.45) is 0. The molecule has 0 aliphatic carbocycles. The van der Waals surface area contributed by atoms with Crippen LogP contribution in [-0.2, 0) is 16.4 Å². The predicted molar refractivity (Wildman–Crippen MR) is 19.3 cm³/mol. The smallest absolute Gasteiger partial charge is 2.00 e. The Morgan fingerprint density at radius 1 is 0.333 bits per heavy atom. The summed E-state index contributed by atoms with van der Waals surface area (Å²) in [5.41, 5.74) is 0. The van der Waals surface area contributed by atoms with Gasteiger partial charge in [0.25, 0.3) is 0 Å². The molecule has 0 heterocycles. The fourth-order valence-electron chi connectivity index (χ4n) is 0. The van der Waals surface area contributed by atoms with Crippen LogP contribution in [0.3, 0.4) is 0 Å². The summed E-state index contributed by atoms with van der Waals surface area (Å²) < 4.78 is 0. The molecule has 0 aliphatic heterocycles. The summed E-state index contributed by atoms with van der Waals surface area (Å²) in [5.74, 6) is 0. The molecule has 0 aromatic rings. The molecule has 0 fully saturated rings. The molecule has 0 aromatic heterocycles. The van der Waals surface area contributed by atoms with E-state index in [4.69, 9.17) is 0 Å². The minimum atomic E-state index is 0. The summed E-state index contributed by atoms with van der Waals surface area (Å²) in [7, 11) is 0. The Bertz CT molecular complexity index is 6.00. The van der Waals surface area contributed by atoms with E-state index in [0.29, 0.717) is 0 Å². The Morgan fingerprint density at radius 2 is 0.333 bits per heavy atom. The van der Waals surface area contributed by atoms with Crippen LogP contribution in [0.4, 0.5) is 0 Å². The van der Waals surface area contributed by atoms with Crippen molar-refractivity contribution >= 4 is 81.9 Å². The van der Waals surface area contributed by atoms with E-state index in [1.807, 2.05) is 0 Å². The van der Waals surface area contributed by atoms with E-state index in [-0.39, 0.29) is 98.3 Å². The molecule has 0 spiro atoms. The van der Waals surface area contributed by atoms with Crippen LogP contribution in [0, 0.1) is 0 Å². The van der Waals surface area contributed by atoms with E-state index >= 15 is 0 Å². The number of hydrogen-bond acceptors (Lipinski definition) is 0. The van der Waals surface area contributed by atoms with Crippen LogP contribution >= 0.6 is 0 Å². The Balaban J connectivity index is 0.